The van der Waals surface area contributed by atoms with Crippen molar-refractivity contribution < 1.29 is 17.9 Å². The maximum atomic E-state index is 12.3. The van der Waals surface area contributed by atoms with Gasteiger partial charge >= 0.3 is 6.09 Å². The molecular weight excluding hydrogens is 286 g/mol. The fourth-order valence-corrected chi connectivity index (χ4v) is 3.39. The van der Waals surface area contributed by atoms with Crippen molar-refractivity contribution in [3.8, 4) is 0 Å². The van der Waals surface area contributed by atoms with Crippen molar-refractivity contribution in [1.29, 1.82) is 0 Å². The molecule has 1 saturated heterocycles. The van der Waals surface area contributed by atoms with Crippen LogP contribution in [0.3, 0.4) is 0 Å². The van der Waals surface area contributed by atoms with Crippen molar-refractivity contribution >= 4 is 21.9 Å². The van der Waals surface area contributed by atoms with Gasteiger partial charge in [-0.15, -0.1) is 0 Å². The highest BCUT2D eigenvalue weighted by molar-refractivity contribution is 7.89. The van der Waals surface area contributed by atoms with Gasteiger partial charge in [-0.25, -0.2) is 13.2 Å². The normalized spacial score (nSPS) is 17.1. The summed E-state index contributed by atoms with van der Waals surface area (Å²) in [4.78, 5) is 13.0. The molecule has 2 rings (SSSR count). The van der Waals surface area contributed by atoms with Crippen molar-refractivity contribution in [1.82, 2.24) is 19.4 Å². The van der Waals surface area contributed by atoms with E-state index in [1.807, 2.05) is 0 Å². The molecule has 20 heavy (non-hydrogen) atoms. The predicted molar refractivity (Wildman–Crippen MR) is 70.4 cm³/mol. The quantitative estimate of drug-likeness (QED) is 0.773. The SMILES string of the molecule is CCOC(=O)N1CCN(S(=O)(=O)c2cn[nH]c2N)CC1. The van der Waals surface area contributed by atoms with Crippen molar-refractivity contribution in [2.45, 2.75) is 11.8 Å². The molecule has 2 heterocycles. The molecule has 1 fully saturated rings. The van der Waals surface area contributed by atoms with E-state index in [2.05, 4.69) is 10.2 Å². The summed E-state index contributed by atoms with van der Waals surface area (Å²) in [6.07, 6.45) is 0.759. The van der Waals surface area contributed by atoms with Gasteiger partial charge in [-0.1, -0.05) is 0 Å². The molecule has 0 aliphatic carbocycles. The van der Waals surface area contributed by atoms with E-state index < -0.39 is 16.1 Å². The maximum absolute atomic E-state index is 12.3. The molecule has 112 valence electrons. The van der Waals surface area contributed by atoms with Crippen LogP contribution in [-0.2, 0) is 14.8 Å². The minimum Gasteiger partial charge on any atom is -0.450 e. The summed E-state index contributed by atoms with van der Waals surface area (Å²) in [5, 5.41) is 6.00. The minimum absolute atomic E-state index is 0.0119. The second-order valence-electron chi connectivity index (χ2n) is 4.24. The Morgan fingerprint density at radius 2 is 2.10 bits per heavy atom. The summed E-state index contributed by atoms with van der Waals surface area (Å²) < 4.78 is 30.8. The first-order chi connectivity index (χ1) is 9.46. The molecule has 0 unspecified atom stereocenters. The first-order valence-electron chi connectivity index (χ1n) is 6.17. The van der Waals surface area contributed by atoms with E-state index in [1.54, 1.807) is 6.92 Å². The zero-order valence-corrected chi connectivity index (χ0v) is 11.9. The number of nitrogens with one attached hydrogen (secondary N) is 1. The van der Waals surface area contributed by atoms with Gasteiger partial charge < -0.3 is 15.4 Å². The highest BCUT2D eigenvalue weighted by atomic mass is 32.2. The van der Waals surface area contributed by atoms with E-state index >= 15 is 0 Å². The minimum atomic E-state index is -3.67. The van der Waals surface area contributed by atoms with Crippen LogP contribution in [0.2, 0.25) is 0 Å². The molecule has 1 aliphatic rings. The second-order valence-corrected chi connectivity index (χ2v) is 6.14. The summed E-state index contributed by atoms with van der Waals surface area (Å²) in [6, 6.07) is 0. The van der Waals surface area contributed by atoms with Crippen LogP contribution in [0.5, 0.6) is 0 Å². The highest BCUT2D eigenvalue weighted by Gasteiger charge is 2.32. The average Bonchev–Trinajstić information content (AvgIpc) is 2.86. The lowest BCUT2D eigenvalue weighted by atomic mass is 10.4. The number of sulfonamides is 1. The maximum Gasteiger partial charge on any atom is 0.409 e. The van der Waals surface area contributed by atoms with Crippen molar-refractivity contribution in [3.63, 3.8) is 0 Å². The van der Waals surface area contributed by atoms with E-state index in [0.29, 0.717) is 6.61 Å². The first kappa shape index (κ1) is 14.6. The smallest absolute Gasteiger partial charge is 0.409 e. The Labute approximate surface area is 116 Å². The third-order valence-electron chi connectivity index (χ3n) is 3.01. The van der Waals surface area contributed by atoms with Crippen molar-refractivity contribution in [2.24, 2.45) is 0 Å². The molecule has 0 atom stereocenters. The molecule has 0 bridgehead atoms. The number of carbonyl (C=O) groups excluding carboxylic acids is 1. The van der Waals surface area contributed by atoms with Gasteiger partial charge in [0, 0.05) is 26.2 Å². The Hall–Kier alpha value is -1.81. The molecule has 1 amide bonds. The number of anilines is 1. The van der Waals surface area contributed by atoms with Crippen LogP contribution >= 0.6 is 0 Å². The number of carbonyl (C=O) groups is 1. The molecule has 3 N–H and O–H groups in total. The van der Waals surface area contributed by atoms with E-state index in [-0.39, 0.29) is 36.9 Å². The molecule has 0 radical (unpaired) electrons. The number of hydrogen-bond acceptors (Lipinski definition) is 6. The molecule has 9 nitrogen and oxygen atoms in total. The average molecular weight is 303 g/mol. The largest absolute Gasteiger partial charge is 0.450 e. The zero-order valence-electron chi connectivity index (χ0n) is 11.1. The summed E-state index contributed by atoms with van der Waals surface area (Å²) >= 11 is 0. The van der Waals surface area contributed by atoms with Crippen LogP contribution in [0.4, 0.5) is 10.6 Å². The van der Waals surface area contributed by atoms with E-state index in [4.69, 9.17) is 10.5 Å². The molecule has 0 spiro atoms. The van der Waals surface area contributed by atoms with Crippen LogP contribution in [0.15, 0.2) is 11.1 Å². The lowest BCUT2D eigenvalue weighted by Crippen LogP contribution is -2.50. The predicted octanol–water partition coefficient (Wildman–Crippen LogP) is -0.545. The van der Waals surface area contributed by atoms with E-state index in [0.717, 1.165) is 0 Å². The lowest BCUT2D eigenvalue weighted by molar-refractivity contribution is 0.0934. The molecule has 10 heteroatoms. The molecular formula is C10H17N5O4S. The van der Waals surface area contributed by atoms with Crippen molar-refractivity contribution in [2.75, 3.05) is 38.5 Å². The van der Waals surface area contributed by atoms with Crippen molar-refractivity contribution in [3.05, 3.63) is 6.20 Å². The Balaban J connectivity index is 2.04. The standard InChI is InChI=1S/C10H17N5O4S/c1-2-19-10(16)14-3-5-15(6-4-14)20(17,18)8-7-12-13-9(8)11/h7H,2-6H2,1H3,(H3,11,12,13). The van der Waals surface area contributed by atoms with Crippen LogP contribution in [-0.4, -0.2) is 66.7 Å². The van der Waals surface area contributed by atoms with E-state index in [9.17, 15) is 13.2 Å². The van der Waals surface area contributed by atoms with Crippen LogP contribution in [0, 0.1) is 0 Å². The van der Waals surface area contributed by atoms with Gasteiger partial charge in [0.1, 0.15) is 10.7 Å². The number of amides is 1. The van der Waals surface area contributed by atoms with E-state index in [1.165, 1.54) is 15.4 Å². The number of nitrogens with zero attached hydrogens (tertiary/aromatic N) is 3. The lowest BCUT2D eigenvalue weighted by Gasteiger charge is -2.33. The second kappa shape index (κ2) is 5.67. The van der Waals surface area contributed by atoms with Gasteiger partial charge in [-0.05, 0) is 6.92 Å². The monoisotopic (exact) mass is 303 g/mol. The van der Waals surface area contributed by atoms with Gasteiger partial charge in [-0.2, -0.15) is 9.40 Å². The molecule has 0 aromatic carbocycles. The summed E-state index contributed by atoms with van der Waals surface area (Å²) in [5.74, 6) is 0.0119. The summed E-state index contributed by atoms with van der Waals surface area (Å²) in [5.41, 5.74) is 5.54. The number of nitrogens with two attached hydrogens (primary N) is 1. The fraction of sp³-hybridized carbons (Fsp3) is 0.600. The zero-order chi connectivity index (χ0) is 14.8. The number of rotatable bonds is 3. The number of nitrogen functional groups attached to an aromatic ring is 1. The Morgan fingerprint density at radius 1 is 1.45 bits per heavy atom. The number of ether oxygens (including phenoxy) is 1. The van der Waals surface area contributed by atoms with Gasteiger partial charge in [0.25, 0.3) is 0 Å². The highest BCUT2D eigenvalue weighted by Crippen LogP contribution is 2.21. The number of H-pyrrole nitrogens is 1. The Kier molecular flexibility index (Phi) is 4.14. The number of aromatic nitrogens is 2. The third-order valence-corrected chi connectivity index (χ3v) is 4.94. The Bertz CT molecular complexity index is 576. The van der Waals surface area contributed by atoms with Gasteiger partial charge in [0.15, 0.2) is 0 Å². The van der Waals surface area contributed by atoms with Crippen LogP contribution < -0.4 is 5.73 Å². The summed E-state index contributed by atoms with van der Waals surface area (Å²) in [7, 11) is -3.67. The van der Waals surface area contributed by atoms with Crippen LogP contribution in [0.1, 0.15) is 6.92 Å². The van der Waals surface area contributed by atoms with Gasteiger partial charge in [-0.3, -0.25) is 5.10 Å². The molecule has 1 aromatic heterocycles. The first-order valence-corrected chi connectivity index (χ1v) is 7.61. The topological polar surface area (TPSA) is 122 Å². The van der Waals surface area contributed by atoms with Crippen LogP contribution in [0.25, 0.3) is 0 Å². The number of aromatic amines is 1. The van der Waals surface area contributed by atoms with Gasteiger partial charge in [0.2, 0.25) is 10.0 Å². The molecule has 1 aromatic rings. The third kappa shape index (κ3) is 2.70. The molecule has 1 aliphatic heterocycles. The number of hydrogen-bond donors (Lipinski definition) is 2. The van der Waals surface area contributed by atoms with Gasteiger partial charge in [0.05, 0.1) is 12.8 Å². The Morgan fingerprint density at radius 3 is 2.60 bits per heavy atom. The molecule has 0 saturated carbocycles. The number of piperazine rings is 1. The summed E-state index contributed by atoms with van der Waals surface area (Å²) in [6.45, 7) is 2.99. The fourth-order valence-electron chi connectivity index (χ4n) is 1.96.